The maximum absolute atomic E-state index is 12.8. The average Bonchev–Trinajstić information content (AvgIpc) is 2.79. The number of benzene rings is 3. The molecule has 0 radical (unpaired) electrons. The second-order valence-electron chi connectivity index (χ2n) is 7.41. The largest absolute Gasteiger partial charge is 0.329 e. The standard InChI is InChI=1S/C25H27N3O2/c1-4-25(2,20-13-7-5-8-14-20)27-24(30)26-21-15-11-12-19(18-21)23(29)28(3)22-16-9-6-10-17-22/h5-18H,4H2,1-3H3,(H2,26,27,30)/t25-/m0/s1. The number of anilines is 2. The molecule has 0 saturated heterocycles. The normalized spacial score (nSPS) is 12.5. The molecule has 0 aliphatic heterocycles. The number of carbonyl (C=O) groups is 2. The van der Waals surface area contributed by atoms with Gasteiger partial charge < -0.3 is 15.5 Å². The number of carbonyl (C=O) groups excluding carboxylic acids is 2. The van der Waals surface area contributed by atoms with Gasteiger partial charge in [-0.25, -0.2) is 4.79 Å². The van der Waals surface area contributed by atoms with E-state index in [2.05, 4.69) is 10.6 Å². The van der Waals surface area contributed by atoms with Crippen LogP contribution in [0.5, 0.6) is 0 Å². The van der Waals surface area contributed by atoms with Crippen molar-refractivity contribution in [2.24, 2.45) is 0 Å². The van der Waals surface area contributed by atoms with Gasteiger partial charge in [0.1, 0.15) is 0 Å². The first kappa shape index (κ1) is 21.1. The summed E-state index contributed by atoms with van der Waals surface area (Å²) in [7, 11) is 1.73. The van der Waals surface area contributed by atoms with Crippen molar-refractivity contribution in [2.75, 3.05) is 17.3 Å². The summed E-state index contributed by atoms with van der Waals surface area (Å²) in [6.45, 7) is 4.03. The summed E-state index contributed by atoms with van der Waals surface area (Å²) in [6.07, 6.45) is 0.741. The number of nitrogens with one attached hydrogen (secondary N) is 2. The number of hydrogen-bond donors (Lipinski definition) is 2. The highest BCUT2D eigenvalue weighted by Crippen LogP contribution is 2.24. The molecule has 5 heteroatoms. The first-order valence-corrected chi connectivity index (χ1v) is 10.0. The fraction of sp³-hybridized carbons (Fsp3) is 0.200. The van der Waals surface area contributed by atoms with Gasteiger partial charge in [-0.05, 0) is 49.2 Å². The average molecular weight is 402 g/mol. The summed E-state index contributed by atoms with van der Waals surface area (Å²) in [5.41, 5.74) is 2.41. The van der Waals surface area contributed by atoms with Crippen molar-refractivity contribution < 1.29 is 9.59 Å². The fourth-order valence-electron chi connectivity index (χ4n) is 3.28. The summed E-state index contributed by atoms with van der Waals surface area (Å²) in [6, 6.07) is 26.0. The van der Waals surface area contributed by atoms with Crippen LogP contribution in [0.2, 0.25) is 0 Å². The topological polar surface area (TPSA) is 61.4 Å². The molecule has 0 fully saturated rings. The van der Waals surface area contributed by atoms with Crippen LogP contribution in [0.3, 0.4) is 0 Å². The summed E-state index contributed by atoms with van der Waals surface area (Å²) in [5, 5.41) is 5.91. The highest BCUT2D eigenvalue weighted by molar-refractivity contribution is 6.06. The minimum atomic E-state index is -0.494. The van der Waals surface area contributed by atoms with Crippen LogP contribution in [-0.4, -0.2) is 19.0 Å². The van der Waals surface area contributed by atoms with Gasteiger partial charge in [0.05, 0.1) is 5.54 Å². The van der Waals surface area contributed by atoms with Crippen molar-refractivity contribution >= 4 is 23.3 Å². The zero-order valence-electron chi connectivity index (χ0n) is 17.6. The maximum Gasteiger partial charge on any atom is 0.319 e. The van der Waals surface area contributed by atoms with E-state index in [4.69, 9.17) is 0 Å². The van der Waals surface area contributed by atoms with Gasteiger partial charge >= 0.3 is 6.03 Å². The lowest BCUT2D eigenvalue weighted by atomic mass is 9.89. The zero-order chi connectivity index (χ0) is 21.6. The highest BCUT2D eigenvalue weighted by atomic mass is 16.2. The van der Waals surface area contributed by atoms with Crippen LogP contribution >= 0.6 is 0 Å². The Bertz CT molecular complexity index is 1010. The van der Waals surface area contributed by atoms with Gasteiger partial charge in [0, 0.05) is 24.0 Å². The molecule has 1 atom stereocenters. The quantitative estimate of drug-likeness (QED) is 0.580. The van der Waals surface area contributed by atoms with Gasteiger partial charge in [-0.15, -0.1) is 0 Å². The Morgan fingerprint density at radius 3 is 2.17 bits per heavy atom. The monoisotopic (exact) mass is 401 g/mol. The maximum atomic E-state index is 12.8. The molecule has 0 aliphatic rings. The number of urea groups is 1. The van der Waals surface area contributed by atoms with E-state index in [0.717, 1.165) is 17.7 Å². The summed E-state index contributed by atoms with van der Waals surface area (Å²) in [4.78, 5) is 27.1. The van der Waals surface area contributed by atoms with Crippen LogP contribution in [0.1, 0.15) is 36.2 Å². The SMILES string of the molecule is CC[C@](C)(NC(=O)Nc1cccc(C(=O)N(C)c2ccccc2)c1)c1ccccc1. The van der Waals surface area contributed by atoms with Crippen molar-refractivity contribution in [3.05, 3.63) is 96.1 Å². The molecule has 3 rings (SSSR count). The summed E-state index contributed by atoms with van der Waals surface area (Å²) >= 11 is 0. The zero-order valence-corrected chi connectivity index (χ0v) is 17.6. The lowest BCUT2D eigenvalue weighted by molar-refractivity contribution is 0.0993. The Morgan fingerprint density at radius 2 is 1.53 bits per heavy atom. The van der Waals surface area contributed by atoms with Gasteiger partial charge in [0.15, 0.2) is 0 Å². The third-order valence-corrected chi connectivity index (χ3v) is 5.32. The molecule has 0 aliphatic carbocycles. The Morgan fingerprint density at radius 1 is 0.900 bits per heavy atom. The first-order chi connectivity index (χ1) is 14.4. The molecule has 0 unspecified atom stereocenters. The molecule has 0 spiro atoms. The molecule has 0 heterocycles. The molecular weight excluding hydrogens is 374 g/mol. The number of rotatable bonds is 6. The summed E-state index contributed by atoms with van der Waals surface area (Å²) in [5.74, 6) is -0.145. The third-order valence-electron chi connectivity index (χ3n) is 5.32. The molecule has 3 aromatic rings. The molecule has 30 heavy (non-hydrogen) atoms. The number of para-hydroxylation sites is 1. The third kappa shape index (κ3) is 4.87. The molecule has 3 aromatic carbocycles. The molecule has 154 valence electrons. The van der Waals surface area contributed by atoms with Gasteiger partial charge in [-0.3, -0.25) is 4.79 Å². The number of hydrogen-bond acceptors (Lipinski definition) is 2. The van der Waals surface area contributed by atoms with Crippen LogP contribution in [0.25, 0.3) is 0 Å². The Hall–Kier alpha value is -3.60. The van der Waals surface area contributed by atoms with E-state index >= 15 is 0 Å². The van der Waals surface area contributed by atoms with Crippen LogP contribution in [0.15, 0.2) is 84.9 Å². The molecule has 0 saturated carbocycles. The van der Waals surface area contributed by atoms with Crippen LogP contribution < -0.4 is 15.5 Å². The minimum Gasteiger partial charge on any atom is -0.329 e. The van der Waals surface area contributed by atoms with Gasteiger partial charge in [-0.2, -0.15) is 0 Å². The van der Waals surface area contributed by atoms with Crippen LogP contribution in [-0.2, 0) is 5.54 Å². The predicted molar refractivity (Wildman–Crippen MR) is 122 cm³/mol. The number of nitrogens with zero attached hydrogens (tertiary/aromatic N) is 1. The van der Waals surface area contributed by atoms with E-state index < -0.39 is 5.54 Å². The lowest BCUT2D eigenvalue weighted by Gasteiger charge is -2.30. The lowest BCUT2D eigenvalue weighted by Crippen LogP contribution is -2.45. The van der Waals surface area contributed by atoms with Gasteiger partial charge in [-0.1, -0.05) is 61.5 Å². The smallest absolute Gasteiger partial charge is 0.319 e. The molecular formula is C25H27N3O2. The van der Waals surface area contributed by atoms with E-state index in [9.17, 15) is 9.59 Å². The Labute approximate surface area is 177 Å². The van der Waals surface area contributed by atoms with E-state index in [1.54, 1.807) is 36.2 Å². The Balaban J connectivity index is 1.72. The Kier molecular flexibility index (Phi) is 6.52. The molecule has 0 bridgehead atoms. The minimum absolute atomic E-state index is 0.145. The van der Waals surface area contributed by atoms with Crippen molar-refractivity contribution in [2.45, 2.75) is 25.8 Å². The highest BCUT2D eigenvalue weighted by Gasteiger charge is 2.26. The second kappa shape index (κ2) is 9.27. The fourth-order valence-corrected chi connectivity index (χ4v) is 3.28. The van der Waals surface area contributed by atoms with E-state index in [1.807, 2.05) is 74.5 Å². The van der Waals surface area contributed by atoms with Crippen molar-refractivity contribution in [3.63, 3.8) is 0 Å². The number of amides is 3. The van der Waals surface area contributed by atoms with Gasteiger partial charge in [0.25, 0.3) is 5.91 Å². The van der Waals surface area contributed by atoms with Crippen LogP contribution in [0.4, 0.5) is 16.2 Å². The molecule has 2 N–H and O–H groups in total. The van der Waals surface area contributed by atoms with Crippen molar-refractivity contribution in [3.8, 4) is 0 Å². The second-order valence-corrected chi connectivity index (χ2v) is 7.41. The van der Waals surface area contributed by atoms with Crippen molar-refractivity contribution in [1.82, 2.24) is 5.32 Å². The molecule has 0 aromatic heterocycles. The van der Waals surface area contributed by atoms with Crippen molar-refractivity contribution in [1.29, 1.82) is 0 Å². The molecule has 5 nitrogen and oxygen atoms in total. The van der Waals surface area contributed by atoms with E-state index in [1.165, 1.54) is 0 Å². The van der Waals surface area contributed by atoms with Crippen LogP contribution in [0, 0.1) is 0 Å². The first-order valence-electron chi connectivity index (χ1n) is 10.0. The van der Waals surface area contributed by atoms with E-state index in [0.29, 0.717) is 11.3 Å². The molecule has 3 amide bonds. The predicted octanol–water partition coefficient (Wildman–Crippen LogP) is 5.41. The summed E-state index contributed by atoms with van der Waals surface area (Å²) < 4.78 is 0. The van der Waals surface area contributed by atoms with E-state index in [-0.39, 0.29) is 11.9 Å². The van der Waals surface area contributed by atoms with Gasteiger partial charge in [0.2, 0.25) is 0 Å².